The van der Waals surface area contributed by atoms with Crippen molar-refractivity contribution in [2.45, 2.75) is 19.4 Å². The van der Waals surface area contributed by atoms with E-state index in [0.717, 1.165) is 37.2 Å². The van der Waals surface area contributed by atoms with E-state index in [4.69, 9.17) is 11.6 Å². The summed E-state index contributed by atoms with van der Waals surface area (Å²) in [7, 11) is 0. The Bertz CT molecular complexity index is 1080. The first-order valence-corrected chi connectivity index (χ1v) is 10.6. The molecular weight excluding hydrogens is 412 g/mol. The molecule has 7 heteroatoms. The van der Waals surface area contributed by atoms with E-state index in [1.807, 2.05) is 24.3 Å². The number of carbonyl (C=O) groups excluding carboxylic acids is 2. The highest BCUT2D eigenvalue weighted by Crippen LogP contribution is 2.28. The molecule has 3 aromatic rings. The molecule has 6 nitrogen and oxygen atoms in total. The number of aromatic nitrogens is 1. The molecule has 0 atom stereocenters. The van der Waals surface area contributed by atoms with Gasteiger partial charge in [-0.25, -0.2) is 0 Å². The van der Waals surface area contributed by atoms with Crippen molar-refractivity contribution in [1.82, 2.24) is 10.3 Å². The van der Waals surface area contributed by atoms with E-state index in [-0.39, 0.29) is 11.8 Å². The highest BCUT2D eigenvalue weighted by atomic mass is 35.5. The molecular formula is C24H23ClN4O2. The average molecular weight is 435 g/mol. The van der Waals surface area contributed by atoms with E-state index in [2.05, 4.69) is 20.5 Å². The Morgan fingerprint density at radius 2 is 1.77 bits per heavy atom. The molecule has 4 rings (SSSR count). The van der Waals surface area contributed by atoms with Gasteiger partial charge in [-0.2, -0.15) is 0 Å². The van der Waals surface area contributed by atoms with Crippen LogP contribution < -0.4 is 15.5 Å². The summed E-state index contributed by atoms with van der Waals surface area (Å²) in [6.45, 7) is 2.20. The molecule has 2 heterocycles. The summed E-state index contributed by atoms with van der Waals surface area (Å²) in [5.41, 5.74) is 3.25. The van der Waals surface area contributed by atoms with E-state index in [0.29, 0.717) is 28.4 Å². The van der Waals surface area contributed by atoms with Gasteiger partial charge < -0.3 is 15.5 Å². The average Bonchev–Trinajstić information content (AvgIpc) is 3.33. The Kier molecular flexibility index (Phi) is 6.48. The molecule has 1 aliphatic rings. The van der Waals surface area contributed by atoms with Gasteiger partial charge in [0.05, 0.1) is 16.1 Å². The third-order valence-electron chi connectivity index (χ3n) is 5.24. The van der Waals surface area contributed by atoms with Crippen LogP contribution in [0.3, 0.4) is 0 Å². The van der Waals surface area contributed by atoms with Crippen LogP contribution in [0.1, 0.15) is 39.1 Å². The monoisotopic (exact) mass is 434 g/mol. The van der Waals surface area contributed by atoms with Crippen molar-refractivity contribution in [3.8, 4) is 0 Å². The molecule has 0 saturated carbocycles. The van der Waals surface area contributed by atoms with Crippen LogP contribution in [-0.2, 0) is 6.54 Å². The maximum Gasteiger partial charge on any atom is 0.257 e. The maximum atomic E-state index is 13.1. The lowest BCUT2D eigenvalue weighted by Gasteiger charge is -2.22. The van der Waals surface area contributed by atoms with E-state index in [1.165, 1.54) is 0 Å². The van der Waals surface area contributed by atoms with Crippen LogP contribution in [0, 0.1) is 0 Å². The van der Waals surface area contributed by atoms with E-state index in [9.17, 15) is 9.59 Å². The van der Waals surface area contributed by atoms with Gasteiger partial charge in [-0.05, 0) is 54.8 Å². The lowest BCUT2D eigenvalue weighted by molar-refractivity contribution is 0.0950. The Labute approximate surface area is 186 Å². The Morgan fingerprint density at radius 3 is 2.52 bits per heavy atom. The third kappa shape index (κ3) is 5.03. The van der Waals surface area contributed by atoms with Gasteiger partial charge in [0.2, 0.25) is 0 Å². The number of hydrogen-bond acceptors (Lipinski definition) is 4. The third-order valence-corrected chi connectivity index (χ3v) is 5.57. The quantitative estimate of drug-likeness (QED) is 0.598. The smallest absolute Gasteiger partial charge is 0.257 e. The summed E-state index contributed by atoms with van der Waals surface area (Å²) in [6.07, 6.45) is 5.62. The Hall–Kier alpha value is -3.38. The Balaban J connectivity index is 1.57. The zero-order chi connectivity index (χ0) is 21.6. The minimum atomic E-state index is -0.318. The van der Waals surface area contributed by atoms with Crippen molar-refractivity contribution in [3.05, 3.63) is 88.7 Å². The van der Waals surface area contributed by atoms with Crippen LogP contribution in [0.15, 0.2) is 67.0 Å². The number of hydrogen-bond donors (Lipinski definition) is 2. The van der Waals surface area contributed by atoms with Gasteiger partial charge in [0.15, 0.2) is 0 Å². The first-order valence-electron chi connectivity index (χ1n) is 10.2. The number of benzene rings is 2. The molecule has 2 N–H and O–H groups in total. The predicted octanol–water partition coefficient (Wildman–Crippen LogP) is 4.52. The van der Waals surface area contributed by atoms with Crippen molar-refractivity contribution in [1.29, 1.82) is 0 Å². The van der Waals surface area contributed by atoms with Crippen molar-refractivity contribution >= 4 is 34.8 Å². The fraction of sp³-hybridized carbons (Fsp3) is 0.208. The zero-order valence-corrected chi connectivity index (χ0v) is 17.7. The molecule has 31 heavy (non-hydrogen) atoms. The molecule has 1 aromatic heterocycles. The van der Waals surface area contributed by atoms with Crippen molar-refractivity contribution in [2.24, 2.45) is 0 Å². The summed E-state index contributed by atoms with van der Waals surface area (Å²) in [6, 6.07) is 16.1. The van der Waals surface area contributed by atoms with Crippen LogP contribution in [-0.4, -0.2) is 29.9 Å². The van der Waals surface area contributed by atoms with Crippen molar-refractivity contribution < 1.29 is 9.59 Å². The molecule has 0 aliphatic carbocycles. The molecule has 0 spiro atoms. The largest absolute Gasteiger partial charge is 0.371 e. The zero-order valence-electron chi connectivity index (χ0n) is 17.0. The molecule has 0 unspecified atom stereocenters. The topological polar surface area (TPSA) is 74.3 Å². The SMILES string of the molecule is O=C(Nc1ccc(N2CCCC2)c(C(=O)NCc2cccnc2)c1)c1ccccc1Cl. The first kappa shape index (κ1) is 20.9. The van der Waals surface area contributed by atoms with Gasteiger partial charge in [0.1, 0.15) is 0 Å². The minimum absolute atomic E-state index is 0.195. The lowest BCUT2D eigenvalue weighted by Crippen LogP contribution is -2.27. The maximum absolute atomic E-state index is 13.1. The minimum Gasteiger partial charge on any atom is -0.371 e. The predicted molar refractivity (Wildman–Crippen MR) is 123 cm³/mol. The first-order chi connectivity index (χ1) is 15.1. The normalized spacial score (nSPS) is 13.1. The number of nitrogens with zero attached hydrogens (tertiary/aromatic N) is 2. The Morgan fingerprint density at radius 1 is 0.968 bits per heavy atom. The second-order valence-electron chi connectivity index (χ2n) is 7.40. The molecule has 2 amide bonds. The highest BCUT2D eigenvalue weighted by molar-refractivity contribution is 6.34. The molecule has 0 radical (unpaired) electrons. The fourth-order valence-corrected chi connectivity index (χ4v) is 3.88. The van der Waals surface area contributed by atoms with Gasteiger partial charge in [-0.15, -0.1) is 0 Å². The van der Waals surface area contributed by atoms with Crippen LogP contribution in [0.4, 0.5) is 11.4 Å². The lowest BCUT2D eigenvalue weighted by atomic mass is 10.1. The van der Waals surface area contributed by atoms with Crippen molar-refractivity contribution in [2.75, 3.05) is 23.3 Å². The van der Waals surface area contributed by atoms with Gasteiger partial charge in [-0.1, -0.05) is 29.8 Å². The van der Waals surface area contributed by atoms with Crippen LogP contribution in [0.5, 0.6) is 0 Å². The number of nitrogens with one attached hydrogen (secondary N) is 2. The number of carbonyl (C=O) groups is 2. The summed E-state index contributed by atoms with van der Waals surface area (Å²) >= 11 is 6.14. The number of amides is 2. The molecule has 0 bridgehead atoms. The number of anilines is 2. The van der Waals surface area contributed by atoms with Crippen LogP contribution in [0.2, 0.25) is 5.02 Å². The number of halogens is 1. The summed E-state index contributed by atoms with van der Waals surface area (Å²) in [5, 5.41) is 6.19. The molecule has 1 saturated heterocycles. The second kappa shape index (κ2) is 9.62. The fourth-order valence-electron chi connectivity index (χ4n) is 3.65. The number of rotatable bonds is 6. The molecule has 1 fully saturated rings. The standard InChI is InChI=1S/C24H23ClN4O2/c25-21-8-2-1-7-19(21)24(31)28-18-9-10-22(29-12-3-4-13-29)20(14-18)23(30)27-16-17-6-5-11-26-15-17/h1-2,5-11,14-15H,3-4,12-13,16H2,(H,27,30)(H,28,31). The molecule has 158 valence electrons. The van der Waals surface area contributed by atoms with Crippen LogP contribution >= 0.6 is 11.6 Å². The van der Waals surface area contributed by atoms with Gasteiger partial charge in [0.25, 0.3) is 11.8 Å². The van der Waals surface area contributed by atoms with E-state index >= 15 is 0 Å². The molecule has 1 aliphatic heterocycles. The second-order valence-corrected chi connectivity index (χ2v) is 7.81. The van der Waals surface area contributed by atoms with Gasteiger partial charge in [-0.3, -0.25) is 14.6 Å². The van der Waals surface area contributed by atoms with Crippen LogP contribution in [0.25, 0.3) is 0 Å². The summed E-state index contributed by atoms with van der Waals surface area (Å²) < 4.78 is 0. The van der Waals surface area contributed by atoms with E-state index < -0.39 is 0 Å². The van der Waals surface area contributed by atoms with Crippen molar-refractivity contribution in [3.63, 3.8) is 0 Å². The van der Waals surface area contributed by atoms with Gasteiger partial charge >= 0.3 is 0 Å². The number of pyridine rings is 1. The molecule has 2 aromatic carbocycles. The summed E-state index contributed by atoms with van der Waals surface area (Å²) in [5.74, 6) is -0.513. The van der Waals surface area contributed by atoms with E-state index in [1.54, 1.807) is 42.7 Å². The highest BCUT2D eigenvalue weighted by Gasteiger charge is 2.21. The van der Waals surface area contributed by atoms with Gasteiger partial charge in [0, 0.05) is 43.4 Å². The summed E-state index contributed by atoms with van der Waals surface area (Å²) in [4.78, 5) is 32.0.